The van der Waals surface area contributed by atoms with E-state index in [-0.39, 0.29) is 11.4 Å². The summed E-state index contributed by atoms with van der Waals surface area (Å²) in [5.74, 6) is 0.715. The van der Waals surface area contributed by atoms with Gasteiger partial charge < -0.3 is 19.1 Å². The Morgan fingerprint density at radius 2 is 1.89 bits per heavy atom. The highest BCUT2D eigenvalue weighted by Crippen LogP contribution is 2.33. The highest BCUT2D eigenvalue weighted by molar-refractivity contribution is 8.26. The van der Waals surface area contributed by atoms with Crippen LogP contribution >= 0.6 is 11.8 Å². The third-order valence-corrected chi connectivity index (χ3v) is 6.51. The number of nitrogens with one attached hydrogen (secondary N) is 1. The highest BCUT2D eigenvalue weighted by atomic mass is 32.2. The molecule has 0 saturated carbocycles. The maximum atomic E-state index is 12.8. The van der Waals surface area contributed by atoms with E-state index in [1.807, 2.05) is 49.4 Å². The molecule has 1 saturated heterocycles. The largest absolute Gasteiger partial charge is 0.490 e. The van der Waals surface area contributed by atoms with Crippen LogP contribution in [0.4, 0.5) is 0 Å². The number of aliphatic imine (C=N–C) groups is 1. The molecule has 0 atom stereocenters. The summed E-state index contributed by atoms with van der Waals surface area (Å²) in [6, 6.07) is 15.3. The Morgan fingerprint density at radius 3 is 2.66 bits per heavy atom. The number of nitrogens with zero attached hydrogens (tertiary/aromatic N) is 4. The molecule has 2 aromatic rings. The molecule has 9 nitrogen and oxygen atoms in total. The Hall–Kier alpha value is -3.63. The van der Waals surface area contributed by atoms with Gasteiger partial charge in [0.25, 0.3) is 5.91 Å². The van der Waals surface area contributed by atoms with E-state index in [0.29, 0.717) is 48.7 Å². The van der Waals surface area contributed by atoms with Gasteiger partial charge in [0.2, 0.25) is 5.17 Å². The topological polar surface area (TPSA) is 99.8 Å². The summed E-state index contributed by atoms with van der Waals surface area (Å²) < 4.78 is 17.2. The number of morpholine rings is 1. The first kappa shape index (κ1) is 23.1. The van der Waals surface area contributed by atoms with Crippen LogP contribution in [-0.2, 0) is 16.1 Å². The monoisotopic (exact) mass is 491 g/mol. The number of ether oxygens (including phenoxy) is 3. The molecule has 1 N–H and O–H groups in total. The Balaban J connectivity index is 1.36. The zero-order valence-electron chi connectivity index (χ0n) is 19.3. The van der Waals surface area contributed by atoms with Crippen LogP contribution in [0.5, 0.6) is 11.5 Å². The van der Waals surface area contributed by atoms with Crippen molar-refractivity contribution in [3.63, 3.8) is 0 Å². The summed E-state index contributed by atoms with van der Waals surface area (Å²) in [5, 5.41) is 15.7. The molecular weight excluding hydrogens is 466 g/mol. The van der Waals surface area contributed by atoms with Crippen molar-refractivity contribution in [1.29, 1.82) is 5.41 Å². The molecule has 1 fully saturated rings. The SMILES string of the molecule is CCOc1cc(/C=C2\C(=N)N3N=C(N4CCOCC4)SC3=NC2=O)ccc1OCc1ccccc1. The lowest BCUT2D eigenvalue weighted by Crippen LogP contribution is -2.39. The molecule has 3 heterocycles. The van der Waals surface area contributed by atoms with Crippen LogP contribution in [0.1, 0.15) is 18.1 Å². The molecule has 2 aromatic carbocycles. The van der Waals surface area contributed by atoms with Gasteiger partial charge in [-0.25, -0.2) is 0 Å². The lowest BCUT2D eigenvalue weighted by Gasteiger charge is -2.26. The predicted molar refractivity (Wildman–Crippen MR) is 136 cm³/mol. The number of fused-ring (bicyclic) bond motifs is 1. The summed E-state index contributed by atoms with van der Waals surface area (Å²) in [6.45, 7) is 5.47. The fourth-order valence-electron chi connectivity index (χ4n) is 3.77. The fraction of sp³-hybridized carbons (Fsp3) is 0.280. The molecule has 5 rings (SSSR count). The number of hydrogen-bond donors (Lipinski definition) is 1. The first-order chi connectivity index (χ1) is 17.1. The standard InChI is InChI=1S/C25H25N5O4S/c1-2-33-21-15-18(8-9-20(21)34-16-17-6-4-3-5-7-17)14-19-22(26)30-24(27-23(19)31)35-25(28-30)29-10-12-32-13-11-29/h3-9,14-15,26H,2,10-13,16H2,1H3/b19-14+,26-22?. The second-order valence-electron chi connectivity index (χ2n) is 7.92. The summed E-state index contributed by atoms with van der Waals surface area (Å²) in [5.41, 5.74) is 1.93. The summed E-state index contributed by atoms with van der Waals surface area (Å²) in [6.07, 6.45) is 1.64. The zero-order valence-corrected chi connectivity index (χ0v) is 20.1. The molecule has 0 radical (unpaired) electrons. The summed E-state index contributed by atoms with van der Waals surface area (Å²) in [7, 11) is 0. The van der Waals surface area contributed by atoms with E-state index in [0.717, 1.165) is 23.8 Å². The summed E-state index contributed by atoms with van der Waals surface area (Å²) >= 11 is 1.30. The van der Waals surface area contributed by atoms with Gasteiger partial charge >= 0.3 is 0 Å². The van der Waals surface area contributed by atoms with Crippen molar-refractivity contribution < 1.29 is 19.0 Å². The number of carbonyl (C=O) groups excluding carboxylic acids is 1. The number of benzene rings is 2. The normalized spacial score (nSPS) is 18.9. The molecule has 0 aromatic heterocycles. The lowest BCUT2D eigenvalue weighted by molar-refractivity contribution is -0.114. The first-order valence-electron chi connectivity index (χ1n) is 11.4. The Kier molecular flexibility index (Phi) is 6.82. The number of amides is 1. The number of carbonyl (C=O) groups is 1. The van der Waals surface area contributed by atoms with Crippen LogP contribution < -0.4 is 9.47 Å². The molecule has 0 unspecified atom stereocenters. The van der Waals surface area contributed by atoms with E-state index in [1.54, 1.807) is 12.1 Å². The molecule has 1 amide bonds. The maximum Gasteiger partial charge on any atom is 0.283 e. The van der Waals surface area contributed by atoms with Gasteiger partial charge in [-0.05, 0) is 48.0 Å². The van der Waals surface area contributed by atoms with Crippen molar-refractivity contribution in [3.8, 4) is 11.5 Å². The number of thioether (sulfide) groups is 1. The van der Waals surface area contributed by atoms with Crippen LogP contribution in [0.2, 0.25) is 0 Å². The van der Waals surface area contributed by atoms with Crippen molar-refractivity contribution >= 4 is 39.9 Å². The van der Waals surface area contributed by atoms with Crippen LogP contribution in [0.25, 0.3) is 6.08 Å². The van der Waals surface area contributed by atoms with Crippen molar-refractivity contribution in [2.45, 2.75) is 13.5 Å². The van der Waals surface area contributed by atoms with Gasteiger partial charge in [0.1, 0.15) is 6.61 Å². The fourth-order valence-corrected chi connectivity index (χ4v) is 4.71. The third kappa shape index (κ3) is 5.08. The Labute approximate surface area is 207 Å². The zero-order chi connectivity index (χ0) is 24.2. The average Bonchev–Trinajstić information content (AvgIpc) is 3.32. The number of rotatable bonds is 6. The van der Waals surface area contributed by atoms with E-state index in [2.05, 4.69) is 15.0 Å². The second kappa shape index (κ2) is 10.3. The minimum Gasteiger partial charge on any atom is -0.490 e. The Bertz CT molecular complexity index is 1220. The molecule has 0 aliphatic carbocycles. The van der Waals surface area contributed by atoms with Crippen molar-refractivity contribution in [2.75, 3.05) is 32.9 Å². The molecule has 0 spiro atoms. The molecule has 180 valence electrons. The van der Waals surface area contributed by atoms with Crippen molar-refractivity contribution in [3.05, 3.63) is 65.2 Å². The van der Waals surface area contributed by atoms with Crippen LogP contribution in [0.15, 0.2) is 64.2 Å². The molecule has 3 aliphatic rings. The second-order valence-corrected chi connectivity index (χ2v) is 8.85. The quantitative estimate of drug-likeness (QED) is 0.617. The Morgan fingerprint density at radius 1 is 1.09 bits per heavy atom. The van der Waals surface area contributed by atoms with E-state index >= 15 is 0 Å². The predicted octanol–water partition coefficient (Wildman–Crippen LogP) is 3.57. The minimum absolute atomic E-state index is 0.00174. The van der Waals surface area contributed by atoms with E-state index in [9.17, 15) is 4.79 Å². The number of hydrogen-bond acceptors (Lipinski definition) is 8. The number of amidine groups is 3. The number of hydrazone groups is 1. The lowest BCUT2D eigenvalue weighted by atomic mass is 10.1. The van der Waals surface area contributed by atoms with E-state index < -0.39 is 5.91 Å². The maximum absolute atomic E-state index is 12.8. The van der Waals surface area contributed by atoms with Crippen LogP contribution in [-0.4, -0.2) is 64.9 Å². The van der Waals surface area contributed by atoms with E-state index in [1.165, 1.54) is 16.8 Å². The minimum atomic E-state index is -0.463. The average molecular weight is 492 g/mol. The van der Waals surface area contributed by atoms with Gasteiger partial charge in [-0.15, -0.1) is 5.10 Å². The molecule has 0 bridgehead atoms. The van der Waals surface area contributed by atoms with Crippen molar-refractivity contribution in [2.24, 2.45) is 10.1 Å². The van der Waals surface area contributed by atoms with Crippen LogP contribution in [0, 0.1) is 5.41 Å². The first-order valence-corrected chi connectivity index (χ1v) is 12.2. The van der Waals surface area contributed by atoms with Gasteiger partial charge in [0.05, 0.1) is 25.4 Å². The molecule has 10 heteroatoms. The van der Waals surface area contributed by atoms with Crippen molar-refractivity contribution in [1.82, 2.24) is 9.91 Å². The smallest absolute Gasteiger partial charge is 0.283 e. The van der Waals surface area contributed by atoms with Gasteiger partial charge in [-0.3, -0.25) is 10.2 Å². The third-order valence-electron chi connectivity index (χ3n) is 5.54. The summed E-state index contributed by atoms with van der Waals surface area (Å²) in [4.78, 5) is 19.1. The molecule has 35 heavy (non-hydrogen) atoms. The van der Waals surface area contributed by atoms with Gasteiger partial charge in [0.15, 0.2) is 22.5 Å². The van der Waals surface area contributed by atoms with Gasteiger partial charge in [-0.2, -0.15) is 10.0 Å². The van der Waals surface area contributed by atoms with Gasteiger partial charge in [-0.1, -0.05) is 36.4 Å². The highest BCUT2D eigenvalue weighted by Gasteiger charge is 2.37. The molecule has 3 aliphatic heterocycles. The van der Waals surface area contributed by atoms with E-state index in [4.69, 9.17) is 19.6 Å². The van der Waals surface area contributed by atoms with Gasteiger partial charge in [0, 0.05) is 13.1 Å². The molecular formula is C25H25N5O4S. The van der Waals surface area contributed by atoms with Crippen LogP contribution in [0.3, 0.4) is 0 Å².